The Balaban J connectivity index is 2.51. The summed E-state index contributed by atoms with van der Waals surface area (Å²) in [5, 5.41) is 8.80. The zero-order valence-corrected chi connectivity index (χ0v) is 7.14. The molecule has 0 aliphatic heterocycles. The van der Waals surface area contributed by atoms with Crippen molar-refractivity contribution in [2.24, 2.45) is 5.73 Å². The van der Waals surface area contributed by atoms with E-state index in [-0.39, 0.29) is 12.4 Å². The maximum atomic E-state index is 12.0. The molecule has 1 aromatic rings. The van der Waals surface area contributed by atoms with Crippen molar-refractivity contribution in [3.8, 4) is 0 Å². The van der Waals surface area contributed by atoms with Crippen LogP contribution in [0.1, 0.15) is 11.8 Å². The summed E-state index contributed by atoms with van der Waals surface area (Å²) >= 11 is 0. The minimum Gasteiger partial charge on any atom is -0.416 e. The van der Waals surface area contributed by atoms with Gasteiger partial charge >= 0.3 is 12.1 Å². The summed E-state index contributed by atoms with van der Waals surface area (Å²) in [6.07, 6.45) is -4.58. The van der Waals surface area contributed by atoms with Crippen LogP contribution in [0.5, 0.6) is 0 Å². The van der Waals surface area contributed by atoms with Gasteiger partial charge in [0, 0.05) is 13.1 Å². The molecule has 3 N–H and O–H groups in total. The zero-order chi connectivity index (χ0) is 10.6. The molecule has 0 aliphatic rings. The lowest BCUT2D eigenvalue weighted by Gasteiger charge is -1.98. The van der Waals surface area contributed by atoms with E-state index >= 15 is 0 Å². The minimum atomic E-state index is -4.58. The fourth-order valence-corrected chi connectivity index (χ4v) is 0.737. The molecule has 0 radical (unpaired) electrons. The molecule has 80 valence electrons. The molecule has 0 unspecified atom stereocenters. The molecule has 0 saturated heterocycles. The van der Waals surface area contributed by atoms with Gasteiger partial charge in [0.25, 0.3) is 0 Å². The molecule has 1 rings (SSSR count). The molecule has 5 nitrogen and oxygen atoms in total. The summed E-state index contributed by atoms with van der Waals surface area (Å²) in [6, 6.07) is 0. The SMILES string of the molecule is NCCNCc1nnc(C(F)(F)F)o1. The maximum Gasteiger partial charge on any atom is 0.470 e. The molecular weight excluding hydrogens is 201 g/mol. The summed E-state index contributed by atoms with van der Waals surface area (Å²) in [7, 11) is 0. The van der Waals surface area contributed by atoms with E-state index in [2.05, 4.69) is 19.9 Å². The normalized spacial score (nSPS) is 12.0. The first kappa shape index (κ1) is 10.9. The van der Waals surface area contributed by atoms with Gasteiger partial charge in [-0.05, 0) is 0 Å². The Bertz CT molecular complexity index is 285. The van der Waals surface area contributed by atoms with Crippen LogP contribution in [0.25, 0.3) is 0 Å². The number of hydrogen-bond donors (Lipinski definition) is 2. The number of nitrogens with one attached hydrogen (secondary N) is 1. The Labute approximate surface area is 77.5 Å². The Hall–Kier alpha value is -1.15. The molecular formula is C6H9F3N4O. The van der Waals surface area contributed by atoms with Crippen molar-refractivity contribution in [2.45, 2.75) is 12.7 Å². The average molecular weight is 210 g/mol. The molecule has 8 heteroatoms. The average Bonchev–Trinajstić information content (AvgIpc) is 2.52. The zero-order valence-electron chi connectivity index (χ0n) is 7.14. The van der Waals surface area contributed by atoms with Gasteiger partial charge in [0.05, 0.1) is 6.54 Å². The van der Waals surface area contributed by atoms with Gasteiger partial charge in [-0.25, -0.2) is 0 Å². The van der Waals surface area contributed by atoms with Gasteiger partial charge in [0.15, 0.2) is 0 Å². The summed E-state index contributed by atoms with van der Waals surface area (Å²) in [5.74, 6) is -1.44. The summed E-state index contributed by atoms with van der Waals surface area (Å²) < 4.78 is 40.2. The van der Waals surface area contributed by atoms with Crippen molar-refractivity contribution in [2.75, 3.05) is 13.1 Å². The fourth-order valence-electron chi connectivity index (χ4n) is 0.737. The third-order valence-electron chi connectivity index (χ3n) is 1.31. The van der Waals surface area contributed by atoms with Crippen LogP contribution in [0.2, 0.25) is 0 Å². The van der Waals surface area contributed by atoms with E-state index in [4.69, 9.17) is 5.73 Å². The molecule has 14 heavy (non-hydrogen) atoms. The van der Waals surface area contributed by atoms with Crippen LogP contribution < -0.4 is 11.1 Å². The first-order valence-electron chi connectivity index (χ1n) is 3.84. The summed E-state index contributed by atoms with van der Waals surface area (Å²) in [4.78, 5) is 0. The second kappa shape index (κ2) is 4.38. The predicted octanol–water partition coefficient (Wildman–Crippen LogP) is 0.137. The standard InChI is InChI=1S/C6H9F3N4O/c7-6(8,9)5-13-12-4(14-5)3-11-2-1-10/h11H,1-3,10H2. The summed E-state index contributed by atoms with van der Waals surface area (Å²) in [6.45, 7) is 0.949. The molecule has 0 spiro atoms. The van der Waals surface area contributed by atoms with E-state index in [1.54, 1.807) is 0 Å². The van der Waals surface area contributed by atoms with E-state index in [0.717, 1.165) is 0 Å². The topological polar surface area (TPSA) is 77.0 Å². The fraction of sp³-hybridized carbons (Fsp3) is 0.667. The number of nitrogens with two attached hydrogens (primary N) is 1. The van der Waals surface area contributed by atoms with Gasteiger partial charge in [-0.2, -0.15) is 13.2 Å². The number of rotatable bonds is 4. The third kappa shape index (κ3) is 2.96. The number of hydrogen-bond acceptors (Lipinski definition) is 5. The van der Waals surface area contributed by atoms with Crippen molar-refractivity contribution < 1.29 is 17.6 Å². The smallest absolute Gasteiger partial charge is 0.416 e. The van der Waals surface area contributed by atoms with Crippen LogP contribution in [0.3, 0.4) is 0 Å². The van der Waals surface area contributed by atoms with Gasteiger partial charge < -0.3 is 15.5 Å². The molecule has 0 atom stereocenters. The molecule has 0 aliphatic carbocycles. The van der Waals surface area contributed by atoms with Crippen LogP contribution in [0.15, 0.2) is 4.42 Å². The van der Waals surface area contributed by atoms with Crippen molar-refractivity contribution in [3.05, 3.63) is 11.8 Å². The van der Waals surface area contributed by atoms with Crippen molar-refractivity contribution in [1.82, 2.24) is 15.5 Å². The Morgan fingerprint density at radius 3 is 2.57 bits per heavy atom. The van der Waals surface area contributed by atoms with Crippen molar-refractivity contribution >= 4 is 0 Å². The Morgan fingerprint density at radius 2 is 2.07 bits per heavy atom. The van der Waals surface area contributed by atoms with E-state index in [1.165, 1.54) is 0 Å². The minimum absolute atomic E-state index is 0.0836. The molecule has 1 heterocycles. The second-order valence-corrected chi connectivity index (χ2v) is 2.46. The molecule has 0 bridgehead atoms. The number of alkyl halides is 3. The molecule has 0 fully saturated rings. The third-order valence-corrected chi connectivity index (χ3v) is 1.31. The van der Waals surface area contributed by atoms with Crippen LogP contribution in [0.4, 0.5) is 13.2 Å². The van der Waals surface area contributed by atoms with Crippen LogP contribution in [-0.4, -0.2) is 23.3 Å². The quantitative estimate of drug-likeness (QED) is 0.691. The Morgan fingerprint density at radius 1 is 1.36 bits per heavy atom. The highest BCUT2D eigenvalue weighted by molar-refractivity contribution is 4.85. The van der Waals surface area contributed by atoms with Gasteiger partial charge in [0.2, 0.25) is 5.89 Å². The molecule has 1 aromatic heterocycles. The number of halogens is 3. The molecule has 0 saturated carbocycles. The van der Waals surface area contributed by atoms with Crippen LogP contribution in [-0.2, 0) is 12.7 Å². The number of nitrogens with zero attached hydrogens (tertiary/aromatic N) is 2. The van der Waals surface area contributed by atoms with E-state index in [0.29, 0.717) is 13.1 Å². The first-order valence-corrected chi connectivity index (χ1v) is 3.84. The van der Waals surface area contributed by atoms with E-state index in [9.17, 15) is 13.2 Å². The summed E-state index contributed by atoms with van der Waals surface area (Å²) in [5.41, 5.74) is 5.16. The highest BCUT2D eigenvalue weighted by Crippen LogP contribution is 2.27. The van der Waals surface area contributed by atoms with Crippen molar-refractivity contribution in [3.63, 3.8) is 0 Å². The van der Waals surface area contributed by atoms with Gasteiger partial charge in [-0.15, -0.1) is 10.2 Å². The Kier molecular flexibility index (Phi) is 3.42. The van der Waals surface area contributed by atoms with Gasteiger partial charge in [0.1, 0.15) is 0 Å². The molecule has 0 amide bonds. The van der Waals surface area contributed by atoms with E-state index < -0.39 is 12.1 Å². The molecule has 0 aromatic carbocycles. The monoisotopic (exact) mass is 210 g/mol. The van der Waals surface area contributed by atoms with Crippen LogP contribution in [0, 0.1) is 0 Å². The van der Waals surface area contributed by atoms with E-state index in [1.807, 2.05) is 0 Å². The highest BCUT2D eigenvalue weighted by Gasteiger charge is 2.37. The predicted molar refractivity (Wildman–Crippen MR) is 40.1 cm³/mol. The van der Waals surface area contributed by atoms with Crippen LogP contribution >= 0.6 is 0 Å². The number of aromatic nitrogens is 2. The largest absolute Gasteiger partial charge is 0.470 e. The van der Waals surface area contributed by atoms with Crippen molar-refractivity contribution in [1.29, 1.82) is 0 Å². The van der Waals surface area contributed by atoms with Gasteiger partial charge in [-0.1, -0.05) is 0 Å². The lowest BCUT2D eigenvalue weighted by Crippen LogP contribution is -2.21. The maximum absolute atomic E-state index is 12.0. The lowest BCUT2D eigenvalue weighted by atomic mass is 10.6. The lowest BCUT2D eigenvalue weighted by molar-refractivity contribution is -0.157. The highest BCUT2D eigenvalue weighted by atomic mass is 19.4. The first-order chi connectivity index (χ1) is 6.54. The second-order valence-electron chi connectivity index (χ2n) is 2.46. The van der Waals surface area contributed by atoms with Gasteiger partial charge in [-0.3, -0.25) is 0 Å².